The first-order chi connectivity index (χ1) is 8.86. The molecule has 18 heavy (non-hydrogen) atoms. The van der Waals surface area contributed by atoms with Crippen molar-refractivity contribution in [1.29, 1.82) is 0 Å². The maximum atomic E-state index is 5.49. The van der Waals surface area contributed by atoms with Crippen LogP contribution in [0.1, 0.15) is 50.2 Å². The van der Waals surface area contributed by atoms with Gasteiger partial charge in [-0.15, -0.1) is 0 Å². The van der Waals surface area contributed by atoms with E-state index in [1.807, 2.05) is 0 Å². The Morgan fingerprint density at radius 3 is 2.89 bits per heavy atom. The van der Waals surface area contributed by atoms with Crippen LogP contribution in [-0.4, -0.2) is 27.6 Å². The Balaban J connectivity index is 1.66. The van der Waals surface area contributed by atoms with Gasteiger partial charge in [-0.2, -0.15) is 4.98 Å². The van der Waals surface area contributed by atoms with Gasteiger partial charge >= 0.3 is 0 Å². The molecule has 100 valence electrons. The first-order valence-corrected chi connectivity index (χ1v) is 7.12. The van der Waals surface area contributed by atoms with E-state index < -0.39 is 0 Å². The maximum Gasteiger partial charge on any atom is 0.240 e. The summed E-state index contributed by atoms with van der Waals surface area (Å²) in [6, 6.07) is 0.743. The fourth-order valence-electron chi connectivity index (χ4n) is 3.54. The minimum absolute atomic E-state index is 0.332. The van der Waals surface area contributed by atoms with Gasteiger partial charge in [0.05, 0.1) is 13.1 Å². The van der Waals surface area contributed by atoms with Crippen LogP contribution in [0.25, 0.3) is 0 Å². The Morgan fingerprint density at radius 2 is 2.06 bits per heavy atom. The maximum absolute atomic E-state index is 5.49. The highest BCUT2D eigenvalue weighted by Gasteiger charge is 2.33. The van der Waals surface area contributed by atoms with Gasteiger partial charge in [0.1, 0.15) is 0 Å². The number of nitrogens with two attached hydrogens (primary N) is 1. The fourth-order valence-corrected chi connectivity index (χ4v) is 3.54. The molecule has 5 heteroatoms. The molecule has 0 amide bonds. The second-order valence-corrected chi connectivity index (χ2v) is 5.53. The van der Waals surface area contributed by atoms with Crippen LogP contribution in [0.15, 0.2) is 4.52 Å². The molecule has 2 heterocycles. The van der Waals surface area contributed by atoms with Gasteiger partial charge in [-0.1, -0.05) is 18.0 Å². The summed E-state index contributed by atoms with van der Waals surface area (Å²) in [6.45, 7) is 2.33. The van der Waals surface area contributed by atoms with Crippen LogP contribution in [0.4, 0.5) is 0 Å². The summed E-state index contributed by atoms with van der Waals surface area (Å²) in [5, 5.41) is 4.01. The Hall–Kier alpha value is -0.940. The van der Waals surface area contributed by atoms with Gasteiger partial charge in [0.25, 0.3) is 0 Å². The average molecular weight is 250 g/mol. The number of rotatable bonds is 3. The van der Waals surface area contributed by atoms with Crippen LogP contribution < -0.4 is 5.73 Å². The molecule has 0 spiro atoms. The average Bonchev–Trinajstić information content (AvgIpc) is 2.87. The monoisotopic (exact) mass is 250 g/mol. The number of hydrogen-bond acceptors (Lipinski definition) is 5. The van der Waals surface area contributed by atoms with Crippen molar-refractivity contribution >= 4 is 0 Å². The van der Waals surface area contributed by atoms with Crippen LogP contribution in [0.2, 0.25) is 0 Å². The molecule has 3 rings (SSSR count). The summed E-state index contributed by atoms with van der Waals surface area (Å²) in [7, 11) is 0. The van der Waals surface area contributed by atoms with Crippen molar-refractivity contribution < 1.29 is 4.52 Å². The van der Waals surface area contributed by atoms with Gasteiger partial charge in [-0.25, -0.2) is 0 Å². The molecule has 0 aromatic carbocycles. The second-order valence-electron chi connectivity index (χ2n) is 5.53. The highest BCUT2D eigenvalue weighted by molar-refractivity contribution is 4.92. The molecule has 1 aromatic heterocycles. The Labute approximate surface area is 108 Å². The largest absolute Gasteiger partial charge is 0.338 e. The first-order valence-electron chi connectivity index (χ1n) is 7.12. The van der Waals surface area contributed by atoms with Crippen molar-refractivity contribution in [3.05, 3.63) is 11.7 Å². The topological polar surface area (TPSA) is 68.2 Å². The molecular weight excluding hydrogens is 228 g/mol. The van der Waals surface area contributed by atoms with E-state index >= 15 is 0 Å². The zero-order chi connectivity index (χ0) is 12.4. The van der Waals surface area contributed by atoms with Gasteiger partial charge in [0.2, 0.25) is 5.89 Å². The number of nitrogens with zero attached hydrogens (tertiary/aromatic N) is 3. The molecule has 1 aliphatic carbocycles. The zero-order valence-electron chi connectivity index (χ0n) is 10.8. The number of aromatic nitrogens is 2. The molecule has 2 N–H and O–H groups in total. The predicted octanol–water partition coefficient (Wildman–Crippen LogP) is 1.68. The number of hydrogen-bond donors (Lipinski definition) is 1. The van der Waals surface area contributed by atoms with Crippen molar-refractivity contribution in [2.24, 2.45) is 11.7 Å². The van der Waals surface area contributed by atoms with Gasteiger partial charge in [0, 0.05) is 6.04 Å². The van der Waals surface area contributed by atoms with Gasteiger partial charge in [-0.05, 0) is 38.1 Å². The van der Waals surface area contributed by atoms with Crippen molar-refractivity contribution in [3.63, 3.8) is 0 Å². The zero-order valence-corrected chi connectivity index (χ0v) is 10.8. The number of fused-ring (bicyclic) bond motifs is 1. The third-order valence-corrected chi connectivity index (χ3v) is 4.39. The third-order valence-electron chi connectivity index (χ3n) is 4.39. The SMILES string of the molecule is NCc1nc(CN2CCCC3CCCCC32)no1. The summed E-state index contributed by atoms with van der Waals surface area (Å²) >= 11 is 0. The fraction of sp³-hybridized carbons (Fsp3) is 0.846. The molecule has 0 bridgehead atoms. The predicted molar refractivity (Wildman–Crippen MR) is 67.6 cm³/mol. The van der Waals surface area contributed by atoms with Crippen LogP contribution in [0.5, 0.6) is 0 Å². The Morgan fingerprint density at radius 1 is 1.22 bits per heavy atom. The van der Waals surface area contributed by atoms with Gasteiger partial charge in [0.15, 0.2) is 5.82 Å². The standard InChI is InChI=1S/C13H22N4O/c14-8-13-15-12(16-18-13)9-17-7-3-5-10-4-1-2-6-11(10)17/h10-11H,1-9,14H2. The van der Waals surface area contributed by atoms with E-state index in [1.165, 1.54) is 45.1 Å². The molecule has 1 aromatic rings. The summed E-state index contributed by atoms with van der Waals surface area (Å²) in [6.07, 6.45) is 8.24. The second kappa shape index (κ2) is 5.36. The van der Waals surface area contributed by atoms with Crippen LogP contribution in [0.3, 0.4) is 0 Å². The lowest BCUT2D eigenvalue weighted by Crippen LogP contribution is -2.46. The van der Waals surface area contributed by atoms with Crippen molar-refractivity contribution in [2.75, 3.05) is 6.54 Å². The van der Waals surface area contributed by atoms with E-state index in [0.29, 0.717) is 12.4 Å². The smallest absolute Gasteiger partial charge is 0.240 e. The normalized spacial score (nSPS) is 29.2. The highest BCUT2D eigenvalue weighted by Crippen LogP contribution is 2.35. The van der Waals surface area contributed by atoms with E-state index in [2.05, 4.69) is 15.0 Å². The molecule has 1 aliphatic heterocycles. The molecule has 0 radical (unpaired) electrons. The van der Waals surface area contributed by atoms with E-state index in [-0.39, 0.29) is 0 Å². The van der Waals surface area contributed by atoms with E-state index in [4.69, 9.17) is 10.3 Å². The minimum atomic E-state index is 0.332. The van der Waals surface area contributed by atoms with Gasteiger partial charge in [-0.3, -0.25) is 4.90 Å². The number of likely N-dealkylation sites (tertiary alicyclic amines) is 1. The third kappa shape index (κ3) is 2.42. The summed E-state index contributed by atoms with van der Waals surface area (Å²) in [5.74, 6) is 2.23. The molecular formula is C13H22N4O. The van der Waals surface area contributed by atoms with E-state index in [0.717, 1.165) is 24.3 Å². The Kier molecular flexibility index (Phi) is 3.61. The summed E-state index contributed by atoms with van der Waals surface area (Å²) in [5.41, 5.74) is 5.49. The van der Waals surface area contributed by atoms with Crippen LogP contribution in [0, 0.1) is 5.92 Å². The molecule has 1 saturated heterocycles. The lowest BCUT2D eigenvalue weighted by Gasteiger charge is -2.43. The van der Waals surface area contributed by atoms with Crippen molar-refractivity contribution in [1.82, 2.24) is 15.0 Å². The minimum Gasteiger partial charge on any atom is -0.338 e. The van der Waals surface area contributed by atoms with Crippen molar-refractivity contribution in [2.45, 2.75) is 57.7 Å². The summed E-state index contributed by atoms with van der Waals surface area (Å²) in [4.78, 5) is 6.87. The lowest BCUT2D eigenvalue weighted by atomic mass is 9.78. The number of piperidine rings is 1. The van der Waals surface area contributed by atoms with E-state index in [1.54, 1.807) is 0 Å². The summed E-state index contributed by atoms with van der Waals surface area (Å²) < 4.78 is 5.08. The molecule has 5 nitrogen and oxygen atoms in total. The highest BCUT2D eigenvalue weighted by atomic mass is 16.5. The molecule has 2 atom stereocenters. The first kappa shape index (κ1) is 12.1. The molecule has 2 aliphatic rings. The molecule has 2 fully saturated rings. The lowest BCUT2D eigenvalue weighted by molar-refractivity contribution is 0.0521. The van der Waals surface area contributed by atoms with Gasteiger partial charge < -0.3 is 10.3 Å². The quantitative estimate of drug-likeness (QED) is 0.884. The molecule has 2 unspecified atom stereocenters. The van der Waals surface area contributed by atoms with Crippen LogP contribution in [-0.2, 0) is 13.1 Å². The van der Waals surface area contributed by atoms with E-state index in [9.17, 15) is 0 Å². The van der Waals surface area contributed by atoms with Crippen LogP contribution >= 0.6 is 0 Å². The molecule has 1 saturated carbocycles. The Bertz CT molecular complexity index is 390. The van der Waals surface area contributed by atoms with Crippen molar-refractivity contribution in [3.8, 4) is 0 Å².